The van der Waals surface area contributed by atoms with Crippen LogP contribution in [0.15, 0.2) is 0 Å². The number of hydrogen-bond donors (Lipinski definition) is 1. The van der Waals surface area contributed by atoms with Gasteiger partial charge in [-0.1, -0.05) is 0 Å². The zero-order chi connectivity index (χ0) is 15.3. The van der Waals surface area contributed by atoms with Gasteiger partial charge < -0.3 is 14.2 Å². The van der Waals surface area contributed by atoms with Crippen molar-refractivity contribution >= 4 is 8.53 Å². The Morgan fingerprint density at radius 2 is 1.63 bits per heavy atom. The van der Waals surface area contributed by atoms with E-state index in [9.17, 15) is 0 Å². The van der Waals surface area contributed by atoms with Crippen LogP contribution < -0.4 is 0 Å². The van der Waals surface area contributed by atoms with Crippen LogP contribution in [0.4, 0.5) is 0 Å². The van der Waals surface area contributed by atoms with Crippen molar-refractivity contribution in [2.45, 2.75) is 60.0 Å². The van der Waals surface area contributed by atoms with Crippen molar-refractivity contribution in [2.75, 3.05) is 19.8 Å². The third-order valence-corrected chi connectivity index (χ3v) is 4.09. The van der Waals surface area contributed by atoms with Crippen molar-refractivity contribution in [3.63, 3.8) is 0 Å². The molecular formula is C13H29N2O3P. The molecule has 0 aliphatic carbocycles. The van der Waals surface area contributed by atoms with E-state index >= 15 is 0 Å². The predicted octanol–water partition coefficient (Wildman–Crippen LogP) is 3.30. The van der Waals surface area contributed by atoms with E-state index in [1.165, 1.54) is 0 Å². The van der Waals surface area contributed by atoms with Gasteiger partial charge in [0, 0.05) is 18.7 Å². The van der Waals surface area contributed by atoms with Crippen molar-refractivity contribution in [2.24, 2.45) is 0 Å². The highest BCUT2D eigenvalue weighted by Crippen LogP contribution is 2.45. The summed E-state index contributed by atoms with van der Waals surface area (Å²) >= 11 is 0. The van der Waals surface area contributed by atoms with Crippen LogP contribution in [0, 0.1) is 11.3 Å². The number of rotatable bonds is 8. The predicted molar refractivity (Wildman–Crippen MR) is 79.6 cm³/mol. The average molecular weight is 292 g/mol. The molecule has 19 heavy (non-hydrogen) atoms. The van der Waals surface area contributed by atoms with E-state index in [4.69, 9.17) is 19.4 Å². The molecule has 0 aromatic heterocycles. The van der Waals surface area contributed by atoms with Gasteiger partial charge in [0.2, 0.25) is 0 Å². The highest BCUT2D eigenvalue weighted by molar-refractivity contribution is 7.44. The average Bonchev–Trinajstić information content (AvgIpc) is 2.29. The van der Waals surface area contributed by atoms with Crippen LogP contribution in [0.1, 0.15) is 48.0 Å². The number of nitrogens with zero attached hydrogens (tertiary/aromatic N) is 2. The Kier molecular flexibility index (Phi) is 15.7. The number of hydrogen-bond acceptors (Lipinski definition) is 5. The lowest BCUT2D eigenvalue weighted by Crippen LogP contribution is -2.33. The lowest BCUT2D eigenvalue weighted by Gasteiger charge is -2.35. The number of aliphatic hydroxyl groups excluding tert-OH is 1. The molecule has 5 nitrogen and oxygen atoms in total. The van der Waals surface area contributed by atoms with Gasteiger partial charge in [0.15, 0.2) is 0 Å². The smallest absolute Gasteiger partial charge is 0.259 e. The second-order valence-corrected chi connectivity index (χ2v) is 5.73. The van der Waals surface area contributed by atoms with E-state index in [0.717, 1.165) is 0 Å². The first kappa shape index (κ1) is 21.1. The largest absolute Gasteiger partial charge is 0.397 e. The zero-order valence-corrected chi connectivity index (χ0v) is 14.0. The van der Waals surface area contributed by atoms with E-state index in [0.29, 0.717) is 31.7 Å². The fourth-order valence-corrected chi connectivity index (χ4v) is 2.99. The third kappa shape index (κ3) is 11.3. The molecule has 0 saturated carbocycles. The van der Waals surface area contributed by atoms with E-state index in [-0.39, 0.29) is 6.61 Å². The summed E-state index contributed by atoms with van der Waals surface area (Å²) in [5, 5.41) is 16.1. The summed E-state index contributed by atoms with van der Waals surface area (Å²) in [6.45, 7) is 13.5. The van der Waals surface area contributed by atoms with Crippen molar-refractivity contribution in [3.05, 3.63) is 0 Å². The van der Waals surface area contributed by atoms with Crippen LogP contribution in [0.3, 0.4) is 0 Å². The molecule has 0 amide bonds. The van der Waals surface area contributed by atoms with Gasteiger partial charge in [-0.2, -0.15) is 5.26 Å². The molecule has 0 aliphatic rings. The molecule has 0 aliphatic heterocycles. The van der Waals surface area contributed by atoms with Crippen LogP contribution in [0.5, 0.6) is 0 Å². The van der Waals surface area contributed by atoms with Gasteiger partial charge in [0.05, 0.1) is 25.7 Å². The summed E-state index contributed by atoms with van der Waals surface area (Å²) in [6, 6.07) is 2.82. The molecule has 0 saturated heterocycles. The first-order chi connectivity index (χ1) is 8.95. The molecule has 6 heteroatoms. The van der Waals surface area contributed by atoms with Crippen LogP contribution in [0.25, 0.3) is 0 Å². The van der Waals surface area contributed by atoms with Crippen LogP contribution >= 0.6 is 8.53 Å². The van der Waals surface area contributed by atoms with E-state index in [2.05, 4.69) is 38.4 Å². The molecule has 0 aromatic rings. The molecule has 1 atom stereocenters. The monoisotopic (exact) mass is 292 g/mol. The first-order valence-electron chi connectivity index (χ1n) is 6.78. The Labute approximate surface area is 119 Å². The summed E-state index contributed by atoms with van der Waals surface area (Å²) in [6.07, 6.45) is 0.413. The molecule has 0 rings (SSSR count). The van der Waals surface area contributed by atoms with Crippen LogP contribution in [-0.2, 0) is 9.05 Å². The van der Waals surface area contributed by atoms with Gasteiger partial charge in [-0.25, -0.2) is 4.67 Å². The van der Waals surface area contributed by atoms with Gasteiger partial charge in [-0.15, -0.1) is 0 Å². The molecule has 0 heterocycles. The minimum absolute atomic E-state index is 0.250. The quantitative estimate of drug-likeness (QED) is 0.549. The van der Waals surface area contributed by atoms with E-state index in [1.807, 2.05) is 6.92 Å². The topological polar surface area (TPSA) is 65.7 Å². The molecule has 114 valence electrons. The number of nitriles is 1. The highest BCUT2D eigenvalue weighted by atomic mass is 31.2. The fourth-order valence-electron chi connectivity index (χ4n) is 1.42. The normalized spacial score (nSPS) is 12.3. The summed E-state index contributed by atoms with van der Waals surface area (Å²) in [4.78, 5) is 0. The maximum Gasteiger partial charge on any atom is 0.259 e. The Morgan fingerprint density at radius 3 is 1.95 bits per heavy atom. The van der Waals surface area contributed by atoms with Crippen molar-refractivity contribution < 1.29 is 14.2 Å². The van der Waals surface area contributed by atoms with Gasteiger partial charge in [0.25, 0.3) is 8.53 Å². The van der Waals surface area contributed by atoms with Crippen molar-refractivity contribution in [1.82, 2.24) is 4.67 Å². The summed E-state index contributed by atoms with van der Waals surface area (Å²) in [5.41, 5.74) is 0. The molecule has 0 bridgehead atoms. The summed E-state index contributed by atoms with van der Waals surface area (Å²) < 4.78 is 13.5. The Balaban J connectivity index is 0. The summed E-state index contributed by atoms with van der Waals surface area (Å²) in [5.74, 6) is 0. The van der Waals surface area contributed by atoms with Crippen molar-refractivity contribution in [1.29, 1.82) is 5.26 Å². The van der Waals surface area contributed by atoms with Gasteiger partial charge in [-0.3, -0.25) is 0 Å². The Morgan fingerprint density at radius 1 is 1.16 bits per heavy atom. The molecule has 1 N–H and O–H groups in total. The minimum Gasteiger partial charge on any atom is -0.397 e. The van der Waals surface area contributed by atoms with Crippen LogP contribution in [-0.4, -0.2) is 41.7 Å². The highest BCUT2D eigenvalue weighted by Gasteiger charge is 2.26. The fraction of sp³-hybridized carbons (Fsp3) is 0.923. The second kappa shape index (κ2) is 14.2. The molecular weight excluding hydrogens is 263 g/mol. The van der Waals surface area contributed by atoms with E-state index < -0.39 is 8.53 Å². The van der Waals surface area contributed by atoms with Gasteiger partial charge >= 0.3 is 0 Å². The maximum atomic E-state index is 8.49. The molecule has 0 radical (unpaired) electrons. The Bertz CT molecular complexity index is 224. The lowest BCUT2D eigenvalue weighted by molar-refractivity contribution is 0.182. The molecule has 0 aromatic carbocycles. The summed E-state index contributed by atoms with van der Waals surface area (Å²) in [7, 11) is -1.03. The maximum absolute atomic E-state index is 8.49. The van der Waals surface area contributed by atoms with Gasteiger partial charge in [-0.05, 0) is 41.5 Å². The van der Waals surface area contributed by atoms with E-state index in [1.54, 1.807) is 6.92 Å². The second-order valence-electron chi connectivity index (χ2n) is 4.28. The molecule has 0 spiro atoms. The standard InChI is InChI=1S/C11H23N2O2P.C2H6O/c1-6-14-16(15-9-7-8-12)13(10(2)3)11(4)5;1-2-3/h10-11H,6-7,9H2,1-5H3;3H,2H2,1H3. The zero-order valence-electron chi connectivity index (χ0n) is 13.1. The lowest BCUT2D eigenvalue weighted by atomic mass is 10.3. The SMILES string of the molecule is CCO.CCOP(OCCC#N)N(C(C)C)C(C)C. The van der Waals surface area contributed by atoms with Crippen molar-refractivity contribution in [3.8, 4) is 6.07 Å². The third-order valence-electron chi connectivity index (χ3n) is 1.90. The molecule has 1 unspecified atom stereocenters. The Hall–Kier alpha value is -0.240. The number of aliphatic hydroxyl groups is 1. The first-order valence-corrected chi connectivity index (χ1v) is 7.91. The van der Waals surface area contributed by atoms with Gasteiger partial charge in [0.1, 0.15) is 0 Å². The minimum atomic E-state index is -1.03. The molecule has 0 fully saturated rings. The van der Waals surface area contributed by atoms with Crippen LogP contribution in [0.2, 0.25) is 0 Å².